The maximum Gasteiger partial charge on any atom is 0.253 e. The molecular formula is C22H26N4O3. The minimum atomic E-state index is -0.0872. The lowest BCUT2D eigenvalue weighted by Gasteiger charge is -2.31. The van der Waals surface area contributed by atoms with E-state index in [1.807, 2.05) is 35.2 Å². The molecule has 0 unspecified atom stereocenters. The molecule has 152 valence electrons. The summed E-state index contributed by atoms with van der Waals surface area (Å²) in [5.74, 6) is 0.528. The highest BCUT2D eigenvalue weighted by molar-refractivity contribution is 5.95. The van der Waals surface area contributed by atoms with Crippen LogP contribution in [-0.2, 0) is 4.79 Å². The Kier molecular flexibility index (Phi) is 6.84. The number of nitrogens with two attached hydrogens (primary N) is 1. The van der Waals surface area contributed by atoms with Crippen LogP contribution >= 0.6 is 0 Å². The fraction of sp³-hybridized carbons (Fsp3) is 0.318. The summed E-state index contributed by atoms with van der Waals surface area (Å²) in [5, 5.41) is 10.3. The average Bonchev–Trinajstić information content (AvgIpc) is 2.77. The molecule has 2 aromatic carbocycles. The first-order valence-electron chi connectivity index (χ1n) is 9.74. The first kappa shape index (κ1) is 20.4. The number of amidine groups is 1. The van der Waals surface area contributed by atoms with Crippen LogP contribution in [0.5, 0.6) is 5.75 Å². The zero-order valence-corrected chi connectivity index (χ0v) is 16.3. The van der Waals surface area contributed by atoms with Crippen LogP contribution in [0.25, 0.3) is 0 Å². The molecule has 7 heteroatoms. The van der Waals surface area contributed by atoms with Gasteiger partial charge in [-0.15, -0.1) is 0 Å². The number of hydrogen-bond acceptors (Lipinski definition) is 4. The van der Waals surface area contributed by atoms with Gasteiger partial charge in [0.25, 0.3) is 5.91 Å². The highest BCUT2D eigenvalue weighted by Gasteiger charge is 2.27. The number of carbonyl (C=O) groups is 2. The summed E-state index contributed by atoms with van der Waals surface area (Å²) in [6.07, 6.45) is 1.32. The van der Waals surface area contributed by atoms with E-state index >= 15 is 0 Å². The minimum Gasteiger partial charge on any atom is -0.492 e. The third kappa shape index (κ3) is 5.57. The van der Waals surface area contributed by atoms with Crippen LogP contribution in [-0.4, -0.2) is 48.8 Å². The molecule has 0 atom stereocenters. The largest absolute Gasteiger partial charge is 0.492 e. The summed E-state index contributed by atoms with van der Waals surface area (Å²) in [6, 6.07) is 16.2. The molecule has 1 aliphatic rings. The Morgan fingerprint density at radius 3 is 2.45 bits per heavy atom. The second kappa shape index (κ2) is 9.73. The van der Waals surface area contributed by atoms with Crippen LogP contribution in [0.3, 0.4) is 0 Å². The predicted octanol–water partition coefficient (Wildman–Crippen LogP) is 2.02. The van der Waals surface area contributed by atoms with Gasteiger partial charge in [-0.2, -0.15) is 0 Å². The number of likely N-dealkylation sites (tertiary alicyclic amines) is 1. The van der Waals surface area contributed by atoms with Gasteiger partial charge in [0.1, 0.15) is 18.2 Å². The molecule has 29 heavy (non-hydrogen) atoms. The van der Waals surface area contributed by atoms with E-state index in [4.69, 9.17) is 15.9 Å². The summed E-state index contributed by atoms with van der Waals surface area (Å²) in [6.45, 7) is 1.89. The Morgan fingerprint density at radius 2 is 1.76 bits per heavy atom. The van der Waals surface area contributed by atoms with Gasteiger partial charge in [0.15, 0.2) is 0 Å². The number of nitrogens with zero attached hydrogens (tertiary/aromatic N) is 1. The number of carbonyl (C=O) groups excluding carboxylic acids is 2. The van der Waals surface area contributed by atoms with E-state index < -0.39 is 0 Å². The SMILES string of the molecule is N=C(N)c1cccc(OCCNC(=O)C2CCN(C(=O)c3ccccc3)CC2)c1. The molecule has 0 aliphatic carbocycles. The van der Waals surface area contributed by atoms with Crippen molar-refractivity contribution >= 4 is 17.6 Å². The molecule has 0 radical (unpaired) electrons. The van der Waals surface area contributed by atoms with Crippen molar-refractivity contribution in [2.75, 3.05) is 26.2 Å². The van der Waals surface area contributed by atoms with Crippen molar-refractivity contribution in [3.05, 3.63) is 65.7 Å². The van der Waals surface area contributed by atoms with Gasteiger partial charge in [-0.25, -0.2) is 0 Å². The molecule has 0 saturated carbocycles. The molecule has 1 heterocycles. The molecule has 0 bridgehead atoms. The highest BCUT2D eigenvalue weighted by atomic mass is 16.5. The Bertz CT molecular complexity index is 861. The summed E-state index contributed by atoms with van der Waals surface area (Å²) in [5.41, 5.74) is 6.75. The first-order valence-corrected chi connectivity index (χ1v) is 9.74. The van der Waals surface area contributed by atoms with E-state index in [1.54, 1.807) is 24.3 Å². The Hall–Kier alpha value is -3.35. The standard InChI is InChI=1S/C22H26N4O3/c23-20(24)18-7-4-8-19(15-18)29-14-11-25-21(27)16-9-12-26(13-10-16)22(28)17-5-2-1-3-6-17/h1-8,15-16H,9-14H2,(H3,23,24)(H,25,27). The first-order chi connectivity index (χ1) is 14.0. The van der Waals surface area contributed by atoms with E-state index in [1.165, 1.54) is 0 Å². The van der Waals surface area contributed by atoms with Gasteiger partial charge in [0, 0.05) is 30.1 Å². The number of rotatable bonds is 7. The molecule has 2 amide bonds. The number of nitrogens with one attached hydrogen (secondary N) is 2. The van der Waals surface area contributed by atoms with Crippen LogP contribution < -0.4 is 15.8 Å². The topological polar surface area (TPSA) is 109 Å². The second-order valence-electron chi connectivity index (χ2n) is 7.01. The number of nitrogen functional groups attached to an aromatic ring is 1. The lowest BCUT2D eigenvalue weighted by molar-refractivity contribution is -0.126. The highest BCUT2D eigenvalue weighted by Crippen LogP contribution is 2.19. The van der Waals surface area contributed by atoms with Crippen molar-refractivity contribution in [3.8, 4) is 5.75 Å². The van der Waals surface area contributed by atoms with Crippen molar-refractivity contribution in [1.29, 1.82) is 5.41 Å². The number of amides is 2. The molecule has 1 fully saturated rings. The van der Waals surface area contributed by atoms with Gasteiger partial charge in [-0.05, 0) is 37.1 Å². The van der Waals surface area contributed by atoms with Crippen molar-refractivity contribution in [2.45, 2.75) is 12.8 Å². The molecule has 7 nitrogen and oxygen atoms in total. The molecule has 0 aromatic heterocycles. The van der Waals surface area contributed by atoms with Crippen molar-refractivity contribution in [1.82, 2.24) is 10.2 Å². The average molecular weight is 394 g/mol. The molecular weight excluding hydrogens is 368 g/mol. The van der Waals surface area contributed by atoms with Gasteiger partial charge in [0.2, 0.25) is 5.91 Å². The normalized spacial score (nSPS) is 14.3. The molecule has 1 saturated heterocycles. The van der Waals surface area contributed by atoms with E-state index in [2.05, 4.69) is 5.32 Å². The Balaban J connectivity index is 1.38. The van der Waals surface area contributed by atoms with Gasteiger partial charge in [-0.1, -0.05) is 30.3 Å². The van der Waals surface area contributed by atoms with E-state index in [-0.39, 0.29) is 23.6 Å². The van der Waals surface area contributed by atoms with E-state index in [0.717, 1.165) is 0 Å². The number of hydrogen-bond donors (Lipinski definition) is 3. The molecule has 1 aliphatic heterocycles. The lowest BCUT2D eigenvalue weighted by atomic mass is 9.95. The maximum atomic E-state index is 12.5. The number of ether oxygens (including phenoxy) is 1. The molecule has 4 N–H and O–H groups in total. The zero-order chi connectivity index (χ0) is 20.6. The van der Waals surface area contributed by atoms with Crippen LogP contribution in [0.2, 0.25) is 0 Å². The Morgan fingerprint density at radius 1 is 1.07 bits per heavy atom. The third-order valence-corrected chi connectivity index (χ3v) is 4.99. The van der Waals surface area contributed by atoms with Gasteiger partial charge < -0.3 is 20.7 Å². The monoisotopic (exact) mass is 394 g/mol. The molecule has 3 rings (SSSR count). The fourth-order valence-corrected chi connectivity index (χ4v) is 3.35. The van der Waals surface area contributed by atoms with Crippen molar-refractivity contribution < 1.29 is 14.3 Å². The Labute approximate surface area is 170 Å². The van der Waals surface area contributed by atoms with Crippen molar-refractivity contribution in [2.24, 2.45) is 11.7 Å². The van der Waals surface area contributed by atoms with Crippen LogP contribution in [0.4, 0.5) is 0 Å². The summed E-state index contributed by atoms with van der Waals surface area (Å²) < 4.78 is 5.61. The van der Waals surface area contributed by atoms with E-state index in [0.29, 0.717) is 56.0 Å². The van der Waals surface area contributed by atoms with Crippen LogP contribution in [0, 0.1) is 11.3 Å². The summed E-state index contributed by atoms with van der Waals surface area (Å²) >= 11 is 0. The van der Waals surface area contributed by atoms with Crippen molar-refractivity contribution in [3.63, 3.8) is 0 Å². The van der Waals surface area contributed by atoms with Crippen LogP contribution in [0.15, 0.2) is 54.6 Å². The van der Waals surface area contributed by atoms with Gasteiger partial charge in [-0.3, -0.25) is 15.0 Å². The quantitative estimate of drug-likeness (QED) is 0.379. The van der Waals surface area contributed by atoms with Crippen LogP contribution in [0.1, 0.15) is 28.8 Å². The summed E-state index contributed by atoms with van der Waals surface area (Å²) in [7, 11) is 0. The number of benzene rings is 2. The third-order valence-electron chi connectivity index (χ3n) is 4.99. The molecule has 0 spiro atoms. The predicted molar refractivity (Wildman–Crippen MR) is 111 cm³/mol. The molecule has 2 aromatic rings. The van der Waals surface area contributed by atoms with Gasteiger partial charge >= 0.3 is 0 Å². The van der Waals surface area contributed by atoms with Gasteiger partial charge in [0.05, 0.1) is 6.54 Å². The smallest absolute Gasteiger partial charge is 0.253 e. The maximum absolute atomic E-state index is 12.5. The second-order valence-corrected chi connectivity index (χ2v) is 7.01. The summed E-state index contributed by atoms with van der Waals surface area (Å²) in [4.78, 5) is 26.7. The lowest BCUT2D eigenvalue weighted by Crippen LogP contribution is -2.43. The number of piperidine rings is 1. The van der Waals surface area contributed by atoms with E-state index in [9.17, 15) is 9.59 Å². The minimum absolute atomic E-state index is 0.00195. The zero-order valence-electron chi connectivity index (χ0n) is 16.3. The fourth-order valence-electron chi connectivity index (χ4n) is 3.35.